The van der Waals surface area contributed by atoms with E-state index in [0.29, 0.717) is 23.3 Å². The number of rotatable bonds is 5. The van der Waals surface area contributed by atoms with Crippen molar-refractivity contribution in [2.45, 2.75) is 90.4 Å². The van der Waals surface area contributed by atoms with E-state index >= 15 is 0 Å². The van der Waals surface area contributed by atoms with Gasteiger partial charge in [-0.1, -0.05) is 58.2 Å². The van der Waals surface area contributed by atoms with E-state index in [1.54, 1.807) is 12.1 Å². The van der Waals surface area contributed by atoms with Crippen LogP contribution >= 0.6 is 0 Å². The Hall–Kier alpha value is -2.04. The van der Waals surface area contributed by atoms with Gasteiger partial charge in [0.1, 0.15) is 12.2 Å². The highest BCUT2D eigenvalue weighted by Crippen LogP contribution is 2.35. The van der Waals surface area contributed by atoms with Gasteiger partial charge in [0, 0.05) is 0 Å². The summed E-state index contributed by atoms with van der Waals surface area (Å²) in [7, 11) is 0. The van der Waals surface area contributed by atoms with Crippen molar-refractivity contribution in [2.24, 2.45) is 17.8 Å². The topological polar surface area (TPSA) is 64.6 Å². The number of esters is 1. The second kappa shape index (κ2) is 10.8. The van der Waals surface area contributed by atoms with Crippen LogP contribution in [0.5, 0.6) is 0 Å². The molecule has 30 heavy (non-hydrogen) atoms. The van der Waals surface area contributed by atoms with Gasteiger partial charge in [-0.25, -0.2) is 9.59 Å². The molecule has 0 spiro atoms. The molecule has 166 valence electrons. The minimum Gasteiger partial charge on any atom is -0.457 e. The van der Waals surface area contributed by atoms with E-state index < -0.39 is 0 Å². The van der Waals surface area contributed by atoms with Crippen LogP contribution in [0, 0.1) is 17.8 Å². The molecule has 2 fully saturated rings. The number of amides is 1. The molecule has 0 bridgehead atoms. The van der Waals surface area contributed by atoms with Crippen LogP contribution in [0.2, 0.25) is 0 Å². The van der Waals surface area contributed by atoms with E-state index in [1.165, 1.54) is 6.42 Å². The van der Waals surface area contributed by atoms with Crippen molar-refractivity contribution in [1.29, 1.82) is 0 Å². The molecule has 0 unspecified atom stereocenters. The molecule has 0 saturated heterocycles. The largest absolute Gasteiger partial charge is 0.457 e. The number of carbonyl (C=O) groups is 2. The Bertz CT molecular complexity index is 690. The third kappa shape index (κ3) is 6.23. The monoisotopic (exact) mass is 415 g/mol. The normalized spacial score (nSPS) is 29.7. The molecule has 5 nitrogen and oxygen atoms in total. The van der Waals surface area contributed by atoms with E-state index in [2.05, 4.69) is 26.1 Å². The van der Waals surface area contributed by atoms with Crippen LogP contribution in [0.4, 0.5) is 4.79 Å². The Morgan fingerprint density at radius 3 is 2.40 bits per heavy atom. The summed E-state index contributed by atoms with van der Waals surface area (Å²) in [4.78, 5) is 25.4. The molecule has 0 radical (unpaired) electrons. The van der Waals surface area contributed by atoms with E-state index in [4.69, 9.17) is 9.47 Å². The van der Waals surface area contributed by atoms with Gasteiger partial charge in [0.05, 0.1) is 11.6 Å². The molecule has 5 heteroatoms. The van der Waals surface area contributed by atoms with Gasteiger partial charge >= 0.3 is 12.1 Å². The quantitative estimate of drug-likeness (QED) is 0.492. The van der Waals surface area contributed by atoms with Crippen LogP contribution in [-0.2, 0) is 9.47 Å². The summed E-state index contributed by atoms with van der Waals surface area (Å²) in [5.74, 6) is 1.15. The summed E-state index contributed by atoms with van der Waals surface area (Å²) in [5, 5.41) is 3.05. The first-order valence-corrected chi connectivity index (χ1v) is 11.7. The molecule has 1 aromatic carbocycles. The summed E-state index contributed by atoms with van der Waals surface area (Å²) < 4.78 is 11.8. The number of carbonyl (C=O) groups excluding carboxylic acids is 2. The van der Waals surface area contributed by atoms with Gasteiger partial charge in [0.15, 0.2) is 0 Å². The first-order valence-electron chi connectivity index (χ1n) is 11.7. The Morgan fingerprint density at radius 1 is 0.933 bits per heavy atom. The lowest BCUT2D eigenvalue weighted by Crippen LogP contribution is -2.47. The van der Waals surface area contributed by atoms with Crippen LogP contribution < -0.4 is 5.32 Å². The number of benzene rings is 1. The standard InChI is InChI=1S/C25H37NO4/c1-17(2)20-15-14-18(3)16-23(20)30-25(28)26-21-12-8-5-9-13-22(21)29-24(27)19-10-6-4-7-11-19/h4,6-7,10-11,17-18,20-23H,5,8-9,12-16H2,1-3H3,(H,26,28)/t18-,20+,21-,22-,23-/m1/s1. The fraction of sp³-hybridized carbons (Fsp3) is 0.680. The maximum atomic E-state index is 12.8. The van der Waals surface area contributed by atoms with Gasteiger partial charge in [0.25, 0.3) is 0 Å². The highest BCUT2D eigenvalue weighted by Gasteiger charge is 2.35. The van der Waals surface area contributed by atoms with E-state index in [9.17, 15) is 9.59 Å². The maximum absolute atomic E-state index is 12.8. The van der Waals surface area contributed by atoms with Crippen molar-refractivity contribution in [1.82, 2.24) is 5.32 Å². The summed E-state index contributed by atoms with van der Waals surface area (Å²) in [6, 6.07) is 8.84. The lowest BCUT2D eigenvalue weighted by molar-refractivity contribution is -0.00353. The lowest BCUT2D eigenvalue weighted by atomic mass is 9.75. The van der Waals surface area contributed by atoms with Gasteiger partial charge in [-0.3, -0.25) is 0 Å². The Kier molecular flexibility index (Phi) is 8.17. The number of alkyl carbamates (subject to hydrolysis) is 1. The second-order valence-electron chi connectivity index (χ2n) is 9.47. The zero-order chi connectivity index (χ0) is 21.5. The molecule has 3 rings (SSSR count). The molecule has 5 atom stereocenters. The lowest BCUT2D eigenvalue weighted by Gasteiger charge is -2.37. The van der Waals surface area contributed by atoms with Gasteiger partial charge in [-0.2, -0.15) is 0 Å². The number of hydrogen-bond acceptors (Lipinski definition) is 4. The highest BCUT2D eigenvalue weighted by molar-refractivity contribution is 5.89. The molecule has 0 heterocycles. The molecule has 0 aromatic heterocycles. The van der Waals surface area contributed by atoms with Crippen molar-refractivity contribution in [3.8, 4) is 0 Å². The molecule has 2 aliphatic carbocycles. The Morgan fingerprint density at radius 2 is 1.67 bits per heavy atom. The number of nitrogens with one attached hydrogen (secondary N) is 1. The van der Waals surface area contributed by atoms with Crippen molar-refractivity contribution in [2.75, 3.05) is 0 Å². The van der Waals surface area contributed by atoms with Gasteiger partial charge in [-0.05, 0) is 62.0 Å². The van der Waals surface area contributed by atoms with E-state index in [1.807, 2.05) is 18.2 Å². The summed E-state index contributed by atoms with van der Waals surface area (Å²) in [5.41, 5.74) is 0.541. The van der Waals surface area contributed by atoms with Gasteiger partial charge < -0.3 is 14.8 Å². The third-order valence-electron chi connectivity index (χ3n) is 6.74. The number of hydrogen-bond donors (Lipinski definition) is 1. The summed E-state index contributed by atoms with van der Waals surface area (Å²) >= 11 is 0. The van der Waals surface area contributed by atoms with E-state index in [-0.39, 0.29) is 30.3 Å². The predicted molar refractivity (Wildman–Crippen MR) is 117 cm³/mol. The SMILES string of the molecule is CC(C)[C@@H]1CC[C@@H](C)C[C@H]1OC(=O)N[C@@H]1CCCCC[C@H]1OC(=O)c1ccccc1. The Balaban J connectivity index is 1.61. The maximum Gasteiger partial charge on any atom is 0.407 e. The average Bonchev–Trinajstić information content (AvgIpc) is 2.93. The molecule has 2 aliphatic rings. The van der Waals surface area contributed by atoms with Crippen molar-refractivity contribution >= 4 is 12.1 Å². The fourth-order valence-corrected chi connectivity index (χ4v) is 4.93. The smallest absolute Gasteiger partial charge is 0.407 e. The average molecular weight is 416 g/mol. The van der Waals surface area contributed by atoms with Crippen molar-refractivity contribution in [3.05, 3.63) is 35.9 Å². The minimum absolute atomic E-state index is 0.0372. The zero-order valence-corrected chi connectivity index (χ0v) is 18.6. The molecule has 1 aromatic rings. The van der Waals surface area contributed by atoms with Crippen LogP contribution in [0.3, 0.4) is 0 Å². The van der Waals surface area contributed by atoms with Gasteiger partial charge in [0.2, 0.25) is 0 Å². The minimum atomic E-state index is -0.368. The Labute approximate surface area is 180 Å². The second-order valence-corrected chi connectivity index (χ2v) is 9.47. The van der Waals surface area contributed by atoms with Crippen LogP contribution in [-0.4, -0.2) is 30.3 Å². The van der Waals surface area contributed by atoms with Crippen LogP contribution in [0.25, 0.3) is 0 Å². The first kappa shape index (κ1) is 22.6. The summed E-state index contributed by atoms with van der Waals surface area (Å²) in [6.07, 6.45) is 7.16. The van der Waals surface area contributed by atoms with Crippen molar-refractivity contribution < 1.29 is 19.1 Å². The molecular weight excluding hydrogens is 378 g/mol. The zero-order valence-electron chi connectivity index (χ0n) is 18.6. The molecule has 2 saturated carbocycles. The van der Waals surface area contributed by atoms with Gasteiger partial charge in [-0.15, -0.1) is 0 Å². The first-order chi connectivity index (χ1) is 14.4. The van der Waals surface area contributed by atoms with Crippen LogP contribution in [0.1, 0.15) is 82.5 Å². The molecule has 1 amide bonds. The molecule has 0 aliphatic heterocycles. The predicted octanol–water partition coefficient (Wildman–Crippen LogP) is 5.73. The molecule has 1 N–H and O–H groups in total. The van der Waals surface area contributed by atoms with Crippen molar-refractivity contribution in [3.63, 3.8) is 0 Å². The van der Waals surface area contributed by atoms with E-state index in [0.717, 1.165) is 44.9 Å². The highest BCUT2D eigenvalue weighted by atomic mass is 16.6. The van der Waals surface area contributed by atoms with Crippen LogP contribution in [0.15, 0.2) is 30.3 Å². The molecular formula is C25H37NO4. The number of ether oxygens (including phenoxy) is 2. The fourth-order valence-electron chi connectivity index (χ4n) is 4.93. The summed E-state index contributed by atoms with van der Waals surface area (Å²) in [6.45, 7) is 6.65. The third-order valence-corrected chi connectivity index (χ3v) is 6.74.